The van der Waals surface area contributed by atoms with Crippen molar-refractivity contribution in [2.45, 2.75) is 13.0 Å². The highest BCUT2D eigenvalue weighted by Crippen LogP contribution is 2.22. The number of aromatic amines is 1. The van der Waals surface area contributed by atoms with Gasteiger partial charge in [-0.15, -0.1) is 0 Å². The first kappa shape index (κ1) is 11.3. The molecular weight excluding hydrogens is 220 g/mol. The van der Waals surface area contributed by atoms with Crippen molar-refractivity contribution in [3.05, 3.63) is 41.6 Å². The Morgan fingerprint density at radius 2 is 2.18 bits per heavy atom. The predicted molar refractivity (Wildman–Crippen MR) is 61.6 cm³/mol. The van der Waals surface area contributed by atoms with E-state index in [0.29, 0.717) is 5.69 Å². The number of nitrogens with one attached hydrogen (secondary N) is 1. The smallest absolute Gasteiger partial charge is 0.353 e. The van der Waals surface area contributed by atoms with Crippen molar-refractivity contribution in [1.29, 1.82) is 0 Å². The zero-order valence-corrected chi connectivity index (χ0v) is 9.21. The molecule has 1 aromatic heterocycles. The summed E-state index contributed by atoms with van der Waals surface area (Å²) in [7, 11) is 0. The van der Waals surface area contributed by atoms with Crippen LogP contribution in [0.2, 0.25) is 0 Å². The SMILES string of the molecule is CC(O)c1cccc(-c2cc(C(=O)O)[nH]n2)c1. The molecule has 0 bridgehead atoms. The Morgan fingerprint density at radius 1 is 1.41 bits per heavy atom. The van der Waals surface area contributed by atoms with Gasteiger partial charge in [-0.25, -0.2) is 4.79 Å². The number of carbonyl (C=O) groups is 1. The lowest BCUT2D eigenvalue weighted by Gasteiger charge is -2.05. The number of aliphatic hydroxyl groups excluding tert-OH is 1. The quantitative estimate of drug-likeness (QED) is 0.753. The summed E-state index contributed by atoms with van der Waals surface area (Å²) in [5, 5.41) is 24.6. The lowest BCUT2D eigenvalue weighted by Crippen LogP contribution is -1.95. The number of carboxylic acids is 1. The lowest BCUT2D eigenvalue weighted by molar-refractivity contribution is 0.0690. The second-order valence-corrected chi connectivity index (χ2v) is 3.77. The second-order valence-electron chi connectivity index (χ2n) is 3.77. The van der Waals surface area contributed by atoms with Gasteiger partial charge in [-0.3, -0.25) is 5.10 Å². The molecule has 0 spiro atoms. The van der Waals surface area contributed by atoms with E-state index in [-0.39, 0.29) is 5.69 Å². The van der Waals surface area contributed by atoms with E-state index in [1.807, 2.05) is 6.07 Å². The maximum atomic E-state index is 10.7. The molecule has 17 heavy (non-hydrogen) atoms. The summed E-state index contributed by atoms with van der Waals surface area (Å²) in [5.41, 5.74) is 2.13. The summed E-state index contributed by atoms with van der Waals surface area (Å²) in [5.74, 6) is -1.05. The highest BCUT2D eigenvalue weighted by molar-refractivity contribution is 5.86. The van der Waals surface area contributed by atoms with E-state index < -0.39 is 12.1 Å². The third-order valence-corrected chi connectivity index (χ3v) is 2.47. The Balaban J connectivity index is 2.38. The van der Waals surface area contributed by atoms with Gasteiger partial charge in [0.25, 0.3) is 0 Å². The lowest BCUT2D eigenvalue weighted by atomic mass is 10.1. The van der Waals surface area contributed by atoms with E-state index in [0.717, 1.165) is 11.1 Å². The minimum atomic E-state index is -1.05. The Hall–Kier alpha value is -2.14. The molecule has 0 aliphatic carbocycles. The number of nitrogens with zero attached hydrogens (tertiary/aromatic N) is 1. The molecule has 5 nitrogen and oxygen atoms in total. The van der Waals surface area contributed by atoms with Crippen LogP contribution in [0.5, 0.6) is 0 Å². The molecule has 2 rings (SSSR count). The van der Waals surface area contributed by atoms with Crippen LogP contribution in [0.25, 0.3) is 11.3 Å². The summed E-state index contributed by atoms with van der Waals surface area (Å²) in [4.78, 5) is 10.7. The molecule has 3 N–H and O–H groups in total. The van der Waals surface area contributed by atoms with Crippen LogP contribution in [-0.4, -0.2) is 26.4 Å². The van der Waals surface area contributed by atoms with Crippen LogP contribution in [0.15, 0.2) is 30.3 Å². The van der Waals surface area contributed by atoms with Gasteiger partial charge in [0.2, 0.25) is 0 Å². The number of aromatic carboxylic acids is 1. The maximum Gasteiger partial charge on any atom is 0.353 e. The van der Waals surface area contributed by atoms with E-state index in [2.05, 4.69) is 10.2 Å². The summed E-state index contributed by atoms with van der Waals surface area (Å²) in [6.07, 6.45) is -0.562. The van der Waals surface area contributed by atoms with Gasteiger partial charge in [0.05, 0.1) is 11.8 Å². The number of hydrogen-bond donors (Lipinski definition) is 3. The molecule has 0 aliphatic rings. The number of rotatable bonds is 3. The van der Waals surface area contributed by atoms with E-state index in [1.165, 1.54) is 6.07 Å². The number of aliphatic hydroxyl groups is 1. The zero-order valence-electron chi connectivity index (χ0n) is 9.21. The summed E-state index contributed by atoms with van der Waals surface area (Å²) in [6, 6.07) is 8.66. The average molecular weight is 232 g/mol. The molecule has 0 saturated heterocycles. The van der Waals surface area contributed by atoms with Crippen molar-refractivity contribution in [2.75, 3.05) is 0 Å². The topological polar surface area (TPSA) is 86.2 Å². The molecule has 2 aromatic rings. The summed E-state index contributed by atoms with van der Waals surface area (Å²) in [6.45, 7) is 1.67. The maximum absolute atomic E-state index is 10.7. The van der Waals surface area contributed by atoms with Crippen molar-refractivity contribution in [2.24, 2.45) is 0 Å². The molecule has 1 heterocycles. The molecule has 0 amide bonds. The van der Waals surface area contributed by atoms with Crippen LogP contribution in [0.1, 0.15) is 29.1 Å². The van der Waals surface area contributed by atoms with Crippen LogP contribution in [0.3, 0.4) is 0 Å². The third-order valence-electron chi connectivity index (χ3n) is 2.47. The fourth-order valence-electron chi connectivity index (χ4n) is 1.54. The van der Waals surface area contributed by atoms with Gasteiger partial charge in [0, 0.05) is 5.56 Å². The Bertz CT molecular complexity index is 546. The Morgan fingerprint density at radius 3 is 2.76 bits per heavy atom. The average Bonchev–Trinajstić information content (AvgIpc) is 2.78. The number of benzene rings is 1. The Kier molecular flexibility index (Phi) is 2.93. The van der Waals surface area contributed by atoms with Gasteiger partial charge in [0.1, 0.15) is 5.69 Å². The normalized spacial score (nSPS) is 12.4. The molecule has 0 radical (unpaired) electrons. The molecule has 0 fully saturated rings. The van der Waals surface area contributed by atoms with Gasteiger partial charge in [-0.2, -0.15) is 5.10 Å². The van der Waals surface area contributed by atoms with Crippen molar-refractivity contribution >= 4 is 5.97 Å². The van der Waals surface area contributed by atoms with Crippen LogP contribution in [0.4, 0.5) is 0 Å². The highest BCUT2D eigenvalue weighted by atomic mass is 16.4. The van der Waals surface area contributed by atoms with Crippen molar-refractivity contribution in [3.8, 4) is 11.3 Å². The molecule has 0 aliphatic heterocycles. The van der Waals surface area contributed by atoms with Crippen LogP contribution >= 0.6 is 0 Å². The van der Waals surface area contributed by atoms with Gasteiger partial charge in [0.15, 0.2) is 0 Å². The van der Waals surface area contributed by atoms with E-state index in [4.69, 9.17) is 5.11 Å². The molecule has 0 saturated carbocycles. The van der Waals surface area contributed by atoms with Crippen molar-refractivity contribution in [1.82, 2.24) is 10.2 Å². The van der Waals surface area contributed by atoms with Gasteiger partial charge in [-0.1, -0.05) is 18.2 Å². The third kappa shape index (κ3) is 2.34. The fourth-order valence-corrected chi connectivity index (χ4v) is 1.54. The number of carboxylic acid groups (broad SMARTS) is 1. The molecule has 1 aromatic carbocycles. The first-order valence-corrected chi connectivity index (χ1v) is 5.15. The number of H-pyrrole nitrogens is 1. The van der Waals surface area contributed by atoms with Crippen molar-refractivity contribution in [3.63, 3.8) is 0 Å². The van der Waals surface area contributed by atoms with Crippen molar-refractivity contribution < 1.29 is 15.0 Å². The first-order chi connectivity index (χ1) is 8.08. The minimum absolute atomic E-state index is 0.0439. The summed E-state index contributed by atoms with van der Waals surface area (Å²) < 4.78 is 0. The fraction of sp³-hybridized carbons (Fsp3) is 0.167. The predicted octanol–water partition coefficient (Wildman–Crippen LogP) is 1.83. The van der Waals surface area contributed by atoms with E-state index >= 15 is 0 Å². The van der Waals surface area contributed by atoms with E-state index in [1.54, 1.807) is 25.1 Å². The van der Waals surface area contributed by atoms with Crippen LogP contribution in [0, 0.1) is 0 Å². The molecule has 1 atom stereocenters. The van der Waals surface area contributed by atoms with Gasteiger partial charge >= 0.3 is 5.97 Å². The Labute approximate surface area is 97.7 Å². The zero-order chi connectivity index (χ0) is 12.4. The van der Waals surface area contributed by atoms with Crippen LogP contribution in [-0.2, 0) is 0 Å². The monoisotopic (exact) mass is 232 g/mol. The number of hydrogen-bond acceptors (Lipinski definition) is 3. The molecule has 5 heteroatoms. The second kappa shape index (κ2) is 4.39. The molecular formula is C12H12N2O3. The molecule has 88 valence electrons. The number of aromatic nitrogens is 2. The molecule has 1 unspecified atom stereocenters. The first-order valence-electron chi connectivity index (χ1n) is 5.15. The largest absolute Gasteiger partial charge is 0.477 e. The van der Waals surface area contributed by atoms with Gasteiger partial charge < -0.3 is 10.2 Å². The summed E-state index contributed by atoms with van der Waals surface area (Å²) >= 11 is 0. The van der Waals surface area contributed by atoms with E-state index in [9.17, 15) is 9.90 Å². The standard InChI is InChI=1S/C12H12N2O3/c1-7(15)8-3-2-4-9(5-8)10-6-11(12(16)17)14-13-10/h2-7,15H,1H3,(H,13,14)(H,16,17). The highest BCUT2D eigenvalue weighted by Gasteiger charge is 2.10. The minimum Gasteiger partial charge on any atom is -0.477 e. The van der Waals surface area contributed by atoms with Gasteiger partial charge in [-0.05, 0) is 24.6 Å². The van der Waals surface area contributed by atoms with Crippen LogP contribution < -0.4 is 0 Å².